The molecule has 0 fully saturated rings. The van der Waals surface area contributed by atoms with Crippen LogP contribution in [0.15, 0.2) is 24.3 Å². The number of benzene rings is 1. The highest BCUT2D eigenvalue weighted by Crippen LogP contribution is 2.39. The molecule has 2 heteroatoms. The average Bonchev–Trinajstić information content (AvgIpc) is 2.39. The van der Waals surface area contributed by atoms with Crippen LogP contribution in [0.1, 0.15) is 44.2 Å². The van der Waals surface area contributed by atoms with E-state index in [1.54, 1.807) is 5.56 Å². The lowest BCUT2D eigenvalue weighted by Crippen LogP contribution is -2.41. The van der Waals surface area contributed by atoms with Crippen molar-refractivity contribution in [2.24, 2.45) is 0 Å². The van der Waals surface area contributed by atoms with Crippen LogP contribution < -0.4 is 5.32 Å². The van der Waals surface area contributed by atoms with Gasteiger partial charge >= 0.3 is 0 Å². The Balaban J connectivity index is 2.19. The molecule has 1 aliphatic rings. The molecule has 19 heavy (non-hydrogen) atoms. The maximum absolute atomic E-state index is 5.80. The Morgan fingerprint density at radius 2 is 2.11 bits per heavy atom. The second kappa shape index (κ2) is 6.53. The van der Waals surface area contributed by atoms with Crippen molar-refractivity contribution < 1.29 is 4.74 Å². The van der Waals surface area contributed by atoms with Crippen molar-refractivity contribution in [3.63, 3.8) is 0 Å². The first kappa shape index (κ1) is 14.5. The van der Waals surface area contributed by atoms with Crippen molar-refractivity contribution in [1.82, 2.24) is 5.32 Å². The highest BCUT2D eigenvalue weighted by atomic mass is 16.5. The van der Waals surface area contributed by atoms with Crippen molar-refractivity contribution in [2.45, 2.75) is 51.0 Å². The zero-order valence-corrected chi connectivity index (χ0v) is 12.5. The number of likely N-dealkylation sites (N-methyl/N-ethyl adjacent to an activating group) is 1. The Bertz CT molecular complexity index is 402. The first-order chi connectivity index (χ1) is 9.18. The summed E-state index contributed by atoms with van der Waals surface area (Å²) in [7, 11) is 2.06. The van der Waals surface area contributed by atoms with E-state index in [1.165, 1.54) is 24.8 Å². The predicted octanol–water partition coefficient (Wildman–Crippen LogP) is 3.30. The SMILES string of the molecule is CNCC1(CCOC(C)C)CCCc2ccccc21. The average molecular weight is 261 g/mol. The molecule has 1 atom stereocenters. The van der Waals surface area contributed by atoms with E-state index in [-0.39, 0.29) is 5.41 Å². The van der Waals surface area contributed by atoms with Gasteiger partial charge in [0.1, 0.15) is 0 Å². The molecule has 0 heterocycles. The Morgan fingerprint density at radius 1 is 1.32 bits per heavy atom. The summed E-state index contributed by atoms with van der Waals surface area (Å²) in [6, 6.07) is 8.96. The molecule has 1 unspecified atom stereocenters. The van der Waals surface area contributed by atoms with Crippen molar-refractivity contribution in [1.29, 1.82) is 0 Å². The maximum atomic E-state index is 5.80. The highest BCUT2D eigenvalue weighted by molar-refractivity contribution is 5.37. The summed E-state index contributed by atoms with van der Waals surface area (Å²) < 4.78 is 5.80. The van der Waals surface area contributed by atoms with Crippen molar-refractivity contribution >= 4 is 0 Å². The summed E-state index contributed by atoms with van der Waals surface area (Å²) in [5.41, 5.74) is 3.34. The second-order valence-corrected chi connectivity index (χ2v) is 5.99. The Morgan fingerprint density at radius 3 is 2.84 bits per heavy atom. The molecule has 0 spiro atoms. The third kappa shape index (κ3) is 3.37. The van der Waals surface area contributed by atoms with Crippen LogP contribution in [0.3, 0.4) is 0 Å². The summed E-state index contributed by atoms with van der Waals surface area (Å²) in [6.45, 7) is 6.12. The van der Waals surface area contributed by atoms with Gasteiger partial charge in [0, 0.05) is 18.6 Å². The Labute approximate surface area is 117 Å². The Hall–Kier alpha value is -0.860. The van der Waals surface area contributed by atoms with E-state index in [2.05, 4.69) is 50.5 Å². The number of hydrogen-bond donors (Lipinski definition) is 1. The summed E-state index contributed by atoms with van der Waals surface area (Å²) in [4.78, 5) is 0. The number of nitrogens with one attached hydrogen (secondary N) is 1. The fourth-order valence-electron chi connectivity index (χ4n) is 3.37. The summed E-state index contributed by atoms with van der Waals surface area (Å²) in [5.74, 6) is 0. The lowest BCUT2D eigenvalue weighted by molar-refractivity contribution is 0.0613. The fourth-order valence-corrected chi connectivity index (χ4v) is 3.37. The van der Waals surface area contributed by atoms with Crippen molar-refractivity contribution in [3.05, 3.63) is 35.4 Å². The molecule has 1 aromatic carbocycles. The van der Waals surface area contributed by atoms with Crippen LogP contribution in [0.4, 0.5) is 0 Å². The Kier molecular flexibility index (Phi) is 5.00. The summed E-state index contributed by atoms with van der Waals surface area (Å²) in [6.07, 6.45) is 5.23. The molecule has 0 bridgehead atoms. The molecule has 1 aromatic rings. The van der Waals surface area contributed by atoms with Gasteiger partial charge in [0.15, 0.2) is 0 Å². The van der Waals surface area contributed by atoms with Crippen LogP contribution in [-0.2, 0) is 16.6 Å². The lowest BCUT2D eigenvalue weighted by Gasteiger charge is -2.39. The smallest absolute Gasteiger partial charge is 0.0518 e. The van der Waals surface area contributed by atoms with Crippen LogP contribution >= 0.6 is 0 Å². The van der Waals surface area contributed by atoms with Crippen LogP contribution in [0.2, 0.25) is 0 Å². The monoisotopic (exact) mass is 261 g/mol. The van der Waals surface area contributed by atoms with E-state index in [4.69, 9.17) is 4.74 Å². The largest absolute Gasteiger partial charge is 0.379 e. The lowest BCUT2D eigenvalue weighted by atomic mass is 9.68. The van der Waals surface area contributed by atoms with Gasteiger partial charge in [-0.2, -0.15) is 0 Å². The quantitative estimate of drug-likeness (QED) is 0.848. The predicted molar refractivity (Wildman–Crippen MR) is 80.7 cm³/mol. The minimum Gasteiger partial charge on any atom is -0.379 e. The molecule has 1 N–H and O–H groups in total. The number of hydrogen-bond acceptors (Lipinski definition) is 2. The number of rotatable bonds is 6. The van der Waals surface area contributed by atoms with Gasteiger partial charge in [-0.3, -0.25) is 0 Å². The third-order valence-electron chi connectivity index (χ3n) is 4.24. The van der Waals surface area contributed by atoms with Gasteiger partial charge in [-0.15, -0.1) is 0 Å². The number of aryl methyl sites for hydroxylation is 1. The van der Waals surface area contributed by atoms with Crippen LogP contribution in [0.25, 0.3) is 0 Å². The highest BCUT2D eigenvalue weighted by Gasteiger charge is 2.35. The van der Waals surface area contributed by atoms with Gasteiger partial charge in [0.2, 0.25) is 0 Å². The van der Waals surface area contributed by atoms with Crippen molar-refractivity contribution in [2.75, 3.05) is 20.2 Å². The molecule has 0 saturated heterocycles. The van der Waals surface area contributed by atoms with E-state index in [0.29, 0.717) is 6.10 Å². The molecule has 1 aliphatic carbocycles. The van der Waals surface area contributed by atoms with Gasteiger partial charge in [0.05, 0.1) is 6.10 Å². The number of fused-ring (bicyclic) bond motifs is 1. The van der Waals surface area contributed by atoms with Gasteiger partial charge in [-0.25, -0.2) is 0 Å². The topological polar surface area (TPSA) is 21.3 Å². The molecule has 0 radical (unpaired) electrons. The fraction of sp³-hybridized carbons (Fsp3) is 0.647. The summed E-state index contributed by atoms with van der Waals surface area (Å²) >= 11 is 0. The van der Waals surface area contributed by atoms with Crippen molar-refractivity contribution in [3.8, 4) is 0 Å². The van der Waals surface area contributed by atoms with E-state index < -0.39 is 0 Å². The molecular formula is C17H27NO. The van der Waals surface area contributed by atoms with Gasteiger partial charge in [-0.05, 0) is 57.7 Å². The van der Waals surface area contributed by atoms with Crippen LogP contribution in [0.5, 0.6) is 0 Å². The normalized spacial score (nSPS) is 22.5. The first-order valence-corrected chi connectivity index (χ1v) is 7.52. The molecule has 0 aliphatic heterocycles. The molecule has 0 amide bonds. The van der Waals surface area contributed by atoms with Crippen LogP contribution in [0, 0.1) is 0 Å². The summed E-state index contributed by atoms with van der Waals surface area (Å²) in [5, 5.41) is 3.40. The molecule has 2 nitrogen and oxygen atoms in total. The minimum absolute atomic E-state index is 0.262. The van der Waals surface area contributed by atoms with E-state index in [1.807, 2.05) is 0 Å². The molecule has 2 rings (SSSR count). The van der Waals surface area contributed by atoms with E-state index in [0.717, 1.165) is 19.6 Å². The van der Waals surface area contributed by atoms with Gasteiger partial charge in [0.25, 0.3) is 0 Å². The van der Waals surface area contributed by atoms with E-state index in [9.17, 15) is 0 Å². The minimum atomic E-state index is 0.262. The second-order valence-electron chi connectivity index (χ2n) is 5.99. The maximum Gasteiger partial charge on any atom is 0.0518 e. The zero-order chi connectivity index (χ0) is 13.7. The molecule has 0 aromatic heterocycles. The molecule has 0 saturated carbocycles. The molecular weight excluding hydrogens is 234 g/mol. The standard InChI is InChI=1S/C17H27NO/c1-14(2)19-12-11-17(13-18-3)10-6-8-15-7-4-5-9-16(15)17/h4-5,7,9,14,18H,6,8,10-13H2,1-3H3. The zero-order valence-electron chi connectivity index (χ0n) is 12.5. The van der Waals surface area contributed by atoms with Crippen LogP contribution in [-0.4, -0.2) is 26.3 Å². The molecule has 106 valence electrons. The third-order valence-corrected chi connectivity index (χ3v) is 4.24. The van der Waals surface area contributed by atoms with E-state index >= 15 is 0 Å². The van der Waals surface area contributed by atoms with Gasteiger partial charge in [-0.1, -0.05) is 24.3 Å². The number of ether oxygens (including phenoxy) is 1. The first-order valence-electron chi connectivity index (χ1n) is 7.52. The van der Waals surface area contributed by atoms with Gasteiger partial charge < -0.3 is 10.1 Å².